The van der Waals surface area contributed by atoms with Crippen LogP contribution in [0.1, 0.15) is 11.1 Å². The first-order chi connectivity index (χ1) is 22.1. The Hall–Kier alpha value is -5.26. The van der Waals surface area contributed by atoms with Crippen molar-refractivity contribution in [2.75, 3.05) is 41.8 Å². The Balaban J connectivity index is 1.11. The van der Waals surface area contributed by atoms with Crippen molar-refractivity contribution in [3.05, 3.63) is 108 Å². The molecular formula is C34H31N7O3S. The average Bonchev–Trinajstić information content (AvgIpc) is 3.68. The van der Waals surface area contributed by atoms with E-state index in [1.54, 1.807) is 17.5 Å². The average molecular weight is 618 g/mol. The lowest BCUT2D eigenvalue weighted by Gasteiger charge is -2.28. The number of hydrogen-bond acceptors (Lipinski definition) is 9. The van der Waals surface area contributed by atoms with E-state index in [4.69, 9.17) is 19.4 Å². The molecule has 0 aliphatic carbocycles. The summed E-state index contributed by atoms with van der Waals surface area (Å²) >= 11 is 1.54. The van der Waals surface area contributed by atoms with E-state index in [1.807, 2.05) is 89.6 Å². The van der Waals surface area contributed by atoms with Gasteiger partial charge in [-0.15, -0.1) is 11.3 Å². The summed E-state index contributed by atoms with van der Waals surface area (Å²) in [5, 5.41) is 8.18. The van der Waals surface area contributed by atoms with E-state index in [9.17, 15) is 4.79 Å². The Bertz CT molecular complexity index is 1930. The van der Waals surface area contributed by atoms with Crippen LogP contribution in [0.15, 0.2) is 96.6 Å². The lowest BCUT2D eigenvalue weighted by atomic mass is 10.1. The molecule has 0 radical (unpaired) electrons. The van der Waals surface area contributed by atoms with E-state index in [0.29, 0.717) is 17.3 Å². The monoisotopic (exact) mass is 617 g/mol. The first-order valence-electron chi connectivity index (χ1n) is 14.7. The Labute approximate surface area is 264 Å². The van der Waals surface area contributed by atoms with Crippen LogP contribution < -0.4 is 15.5 Å². The van der Waals surface area contributed by atoms with E-state index in [2.05, 4.69) is 32.7 Å². The van der Waals surface area contributed by atoms with Crippen LogP contribution in [-0.2, 0) is 16.1 Å². The number of anilines is 4. The minimum Gasteiger partial charge on any atom is -0.444 e. The van der Waals surface area contributed by atoms with Crippen LogP contribution in [0.3, 0.4) is 0 Å². The van der Waals surface area contributed by atoms with E-state index < -0.39 is 6.09 Å². The zero-order chi connectivity index (χ0) is 30.6. The summed E-state index contributed by atoms with van der Waals surface area (Å²) in [6.07, 6.45) is 3.20. The third-order valence-electron chi connectivity index (χ3n) is 7.53. The summed E-state index contributed by atoms with van der Waals surface area (Å²) in [5.41, 5.74) is 7.88. The lowest BCUT2D eigenvalue weighted by molar-refractivity contribution is 0.122. The number of nitrogens with zero attached hydrogens (tertiary/aromatic N) is 5. The zero-order valence-corrected chi connectivity index (χ0v) is 25.5. The number of fused-ring (bicyclic) bond motifs is 1. The molecule has 11 heteroatoms. The van der Waals surface area contributed by atoms with Crippen LogP contribution in [0, 0.1) is 6.92 Å². The second kappa shape index (κ2) is 12.8. The van der Waals surface area contributed by atoms with Crippen LogP contribution in [0.4, 0.5) is 27.8 Å². The van der Waals surface area contributed by atoms with Crippen LogP contribution in [0.25, 0.3) is 27.6 Å². The topological polar surface area (TPSA) is 106 Å². The summed E-state index contributed by atoms with van der Waals surface area (Å²) < 4.78 is 12.9. The molecule has 6 aromatic rings. The molecule has 3 aromatic carbocycles. The van der Waals surface area contributed by atoms with Crippen LogP contribution in [0.2, 0.25) is 0 Å². The number of aryl methyl sites for hydroxylation is 1. The Morgan fingerprint density at radius 1 is 0.978 bits per heavy atom. The van der Waals surface area contributed by atoms with Crippen molar-refractivity contribution in [3.63, 3.8) is 0 Å². The molecule has 45 heavy (non-hydrogen) atoms. The number of nitrogens with one attached hydrogen (secondary N) is 2. The van der Waals surface area contributed by atoms with Gasteiger partial charge in [-0.1, -0.05) is 42.0 Å². The first-order valence-corrected chi connectivity index (χ1v) is 15.6. The van der Waals surface area contributed by atoms with Crippen LogP contribution >= 0.6 is 11.3 Å². The zero-order valence-electron chi connectivity index (χ0n) is 24.6. The quantitative estimate of drug-likeness (QED) is 0.185. The molecule has 1 saturated heterocycles. The van der Waals surface area contributed by atoms with Gasteiger partial charge < -0.3 is 19.7 Å². The highest BCUT2D eigenvalue weighted by Gasteiger charge is 2.19. The molecule has 1 fully saturated rings. The molecule has 0 saturated carbocycles. The molecule has 4 heterocycles. The summed E-state index contributed by atoms with van der Waals surface area (Å²) in [7, 11) is 0. The number of benzene rings is 3. The lowest BCUT2D eigenvalue weighted by Crippen LogP contribution is -2.36. The fourth-order valence-electron chi connectivity index (χ4n) is 5.22. The van der Waals surface area contributed by atoms with Crippen molar-refractivity contribution >= 4 is 45.4 Å². The van der Waals surface area contributed by atoms with Gasteiger partial charge in [0.2, 0.25) is 5.95 Å². The van der Waals surface area contributed by atoms with Gasteiger partial charge in [0.25, 0.3) is 0 Å². The number of imidazole rings is 1. The highest BCUT2D eigenvalue weighted by atomic mass is 32.1. The number of aromatic nitrogens is 4. The van der Waals surface area contributed by atoms with Crippen molar-refractivity contribution < 1.29 is 14.3 Å². The summed E-state index contributed by atoms with van der Waals surface area (Å²) in [5.74, 6) is 0.481. The molecule has 10 nitrogen and oxygen atoms in total. The van der Waals surface area contributed by atoms with Gasteiger partial charge in [0, 0.05) is 53.5 Å². The maximum Gasteiger partial charge on any atom is 0.411 e. The molecule has 1 aliphatic heterocycles. The Morgan fingerprint density at radius 3 is 2.62 bits per heavy atom. The van der Waals surface area contributed by atoms with Gasteiger partial charge in [0.1, 0.15) is 12.3 Å². The van der Waals surface area contributed by atoms with Gasteiger partial charge in [-0.05, 0) is 55.0 Å². The normalized spacial score (nSPS) is 13.1. The Kier molecular flexibility index (Phi) is 8.09. The maximum absolute atomic E-state index is 12.6. The third-order valence-corrected chi connectivity index (χ3v) is 8.29. The molecule has 1 aliphatic rings. The molecular weight excluding hydrogens is 586 g/mol. The third kappa shape index (κ3) is 6.49. The fourth-order valence-corrected chi connectivity index (χ4v) is 5.93. The van der Waals surface area contributed by atoms with Crippen molar-refractivity contribution in [2.45, 2.75) is 13.5 Å². The predicted octanol–water partition coefficient (Wildman–Crippen LogP) is 7.16. The molecule has 1 amide bonds. The highest BCUT2D eigenvalue weighted by Crippen LogP contribution is 2.35. The largest absolute Gasteiger partial charge is 0.444 e. The van der Waals surface area contributed by atoms with E-state index in [-0.39, 0.29) is 6.61 Å². The van der Waals surface area contributed by atoms with Gasteiger partial charge in [-0.25, -0.2) is 19.7 Å². The number of thiazole rings is 1. The highest BCUT2D eigenvalue weighted by molar-refractivity contribution is 7.15. The van der Waals surface area contributed by atoms with Crippen molar-refractivity contribution in [1.29, 1.82) is 0 Å². The number of carbonyl (C=O) groups is 1. The molecule has 0 bridgehead atoms. The van der Waals surface area contributed by atoms with Crippen LogP contribution in [-0.4, -0.2) is 51.7 Å². The number of hydrogen-bond donors (Lipinski definition) is 2. The van der Waals surface area contributed by atoms with Crippen molar-refractivity contribution in [2.24, 2.45) is 0 Å². The molecule has 0 spiro atoms. The minimum absolute atomic E-state index is 0.190. The van der Waals surface area contributed by atoms with E-state index in [1.165, 1.54) is 5.69 Å². The second-order valence-corrected chi connectivity index (χ2v) is 11.5. The first kappa shape index (κ1) is 28.5. The number of ether oxygens (including phenoxy) is 2. The molecule has 0 unspecified atom stereocenters. The second-order valence-electron chi connectivity index (χ2n) is 10.7. The van der Waals surface area contributed by atoms with Gasteiger partial charge in [-0.2, -0.15) is 0 Å². The minimum atomic E-state index is -0.525. The van der Waals surface area contributed by atoms with E-state index >= 15 is 0 Å². The Morgan fingerprint density at radius 2 is 1.80 bits per heavy atom. The molecule has 226 valence electrons. The number of carbonyl (C=O) groups excluding carboxylic acids is 1. The summed E-state index contributed by atoms with van der Waals surface area (Å²) in [6.45, 7) is 5.48. The van der Waals surface area contributed by atoms with Crippen LogP contribution in [0.5, 0.6) is 0 Å². The number of morpholine rings is 1. The molecule has 0 atom stereocenters. The van der Waals surface area contributed by atoms with Gasteiger partial charge >= 0.3 is 6.09 Å². The van der Waals surface area contributed by atoms with Gasteiger partial charge in [0.15, 0.2) is 4.96 Å². The van der Waals surface area contributed by atoms with E-state index in [0.717, 1.165) is 65.0 Å². The van der Waals surface area contributed by atoms with Crippen molar-refractivity contribution in [1.82, 2.24) is 19.4 Å². The number of amides is 1. The molecule has 2 N–H and O–H groups in total. The summed E-state index contributed by atoms with van der Waals surface area (Å²) in [6, 6.07) is 25.6. The summed E-state index contributed by atoms with van der Waals surface area (Å²) in [4.78, 5) is 30.0. The van der Waals surface area contributed by atoms with Crippen molar-refractivity contribution in [3.8, 4) is 22.6 Å². The maximum atomic E-state index is 12.6. The van der Waals surface area contributed by atoms with Gasteiger partial charge in [-0.3, -0.25) is 9.72 Å². The molecule has 3 aromatic heterocycles. The van der Waals surface area contributed by atoms with Gasteiger partial charge in [0.05, 0.1) is 24.6 Å². The smallest absolute Gasteiger partial charge is 0.411 e. The SMILES string of the molecule is Cc1ccc(COC(=O)Nc2cccc(-c3nc4sccn4c3-c3ccnc(Nc4ccc(N5CCOCC5)cc4)n3)c2)cc1. The fraction of sp³-hybridized carbons (Fsp3) is 0.176. The predicted molar refractivity (Wildman–Crippen MR) is 177 cm³/mol. The number of rotatable bonds is 8. The standard InChI is InChI=1S/C34H31N7O3S/c1-23-5-7-24(8-6-23)22-44-34(42)37-27-4-2-3-25(21-27)30-31(41-17-20-45-33(41)39-30)29-13-14-35-32(38-29)36-26-9-11-28(12-10-26)40-15-18-43-19-16-40/h2-14,17,20-21H,15-16,18-19,22H2,1H3,(H,37,42)(H,35,36,38). The molecule has 7 rings (SSSR count).